The summed E-state index contributed by atoms with van der Waals surface area (Å²) in [6.45, 7) is 8.26. The third kappa shape index (κ3) is 3.09. The monoisotopic (exact) mass is 294 g/mol. The zero-order chi connectivity index (χ0) is 15.6. The van der Waals surface area contributed by atoms with Crippen LogP contribution in [-0.4, -0.2) is 34.8 Å². The van der Waals surface area contributed by atoms with Gasteiger partial charge in [0.1, 0.15) is 12.1 Å². The summed E-state index contributed by atoms with van der Waals surface area (Å²) in [5.74, 6) is 0.923. The first kappa shape index (κ1) is 16.3. The number of amides is 2. The predicted octanol–water partition coefficient (Wildman–Crippen LogP) is 2.72. The van der Waals surface area contributed by atoms with Gasteiger partial charge in [0.05, 0.1) is 0 Å². The van der Waals surface area contributed by atoms with Crippen molar-refractivity contribution in [3.8, 4) is 0 Å². The van der Waals surface area contributed by atoms with Gasteiger partial charge in [0.2, 0.25) is 11.8 Å². The number of nitrogens with one attached hydrogen (secondary N) is 1. The molecular formula is C17H30N2O2. The molecule has 21 heavy (non-hydrogen) atoms. The number of piperazine rings is 1. The fourth-order valence-electron chi connectivity index (χ4n) is 3.91. The lowest BCUT2D eigenvalue weighted by Gasteiger charge is -2.45. The molecule has 2 aliphatic rings. The highest BCUT2D eigenvalue weighted by atomic mass is 16.2. The third-order valence-electron chi connectivity index (χ3n) is 5.58. The molecular weight excluding hydrogens is 264 g/mol. The Bertz CT molecular complexity index is 390. The van der Waals surface area contributed by atoms with Crippen molar-refractivity contribution < 1.29 is 9.59 Å². The van der Waals surface area contributed by atoms with Crippen molar-refractivity contribution in [2.75, 3.05) is 0 Å². The van der Waals surface area contributed by atoms with Crippen LogP contribution in [0.15, 0.2) is 0 Å². The second-order valence-electron chi connectivity index (χ2n) is 6.83. The van der Waals surface area contributed by atoms with Crippen LogP contribution < -0.4 is 5.32 Å². The molecule has 0 aromatic rings. The Morgan fingerprint density at radius 2 is 1.81 bits per heavy atom. The van der Waals surface area contributed by atoms with Crippen LogP contribution in [0.25, 0.3) is 0 Å². The Morgan fingerprint density at radius 3 is 2.33 bits per heavy atom. The molecule has 0 aromatic heterocycles. The van der Waals surface area contributed by atoms with Crippen molar-refractivity contribution in [1.82, 2.24) is 10.2 Å². The molecule has 1 aliphatic heterocycles. The van der Waals surface area contributed by atoms with Gasteiger partial charge in [-0.3, -0.25) is 9.59 Å². The van der Waals surface area contributed by atoms with Crippen molar-refractivity contribution in [2.45, 2.75) is 84.3 Å². The van der Waals surface area contributed by atoms with E-state index in [4.69, 9.17) is 0 Å². The maximum atomic E-state index is 13.0. The van der Waals surface area contributed by atoms with Crippen LogP contribution in [-0.2, 0) is 9.59 Å². The average Bonchev–Trinajstić information content (AvgIpc) is 3.01. The number of hydrogen-bond donors (Lipinski definition) is 1. The highest BCUT2D eigenvalue weighted by molar-refractivity contribution is 5.97. The summed E-state index contributed by atoms with van der Waals surface area (Å²) in [6, 6.07) is -0.440. The van der Waals surface area contributed by atoms with Gasteiger partial charge in [0, 0.05) is 6.04 Å². The molecule has 0 aromatic carbocycles. The van der Waals surface area contributed by atoms with Crippen LogP contribution in [0.4, 0.5) is 0 Å². The zero-order valence-electron chi connectivity index (χ0n) is 13.9. The standard InChI is InChI=1S/C17H30N2O2/c1-5-11(3)15-17(21)19(14(6-2)16(20)18-15)12(4)13-9-7-8-10-13/h11-15H,5-10H2,1-4H3,(H,18,20). The van der Waals surface area contributed by atoms with Gasteiger partial charge in [-0.2, -0.15) is 0 Å². The Balaban J connectivity index is 2.23. The van der Waals surface area contributed by atoms with E-state index < -0.39 is 0 Å². The van der Waals surface area contributed by atoms with Gasteiger partial charge in [-0.05, 0) is 38.0 Å². The highest BCUT2D eigenvalue weighted by Gasteiger charge is 2.45. The van der Waals surface area contributed by atoms with E-state index in [0.29, 0.717) is 12.3 Å². The fraction of sp³-hybridized carbons (Fsp3) is 0.882. The first-order valence-corrected chi connectivity index (χ1v) is 8.63. The number of carbonyl (C=O) groups excluding carboxylic acids is 2. The van der Waals surface area contributed by atoms with Crippen LogP contribution in [0.2, 0.25) is 0 Å². The van der Waals surface area contributed by atoms with Crippen molar-refractivity contribution >= 4 is 11.8 Å². The minimum Gasteiger partial charge on any atom is -0.342 e. The topological polar surface area (TPSA) is 49.4 Å². The SMILES string of the molecule is CCC(C)C1NC(=O)C(CC)N(C(C)C2CCCC2)C1=O. The number of nitrogens with zero attached hydrogens (tertiary/aromatic N) is 1. The van der Waals surface area contributed by atoms with Gasteiger partial charge in [-0.15, -0.1) is 0 Å². The summed E-state index contributed by atoms with van der Waals surface area (Å²) in [5, 5.41) is 2.96. The Kier molecular flexibility index (Phi) is 5.28. The molecule has 1 aliphatic carbocycles. The summed E-state index contributed by atoms with van der Waals surface area (Å²) in [6.07, 6.45) is 6.50. The predicted molar refractivity (Wildman–Crippen MR) is 83.7 cm³/mol. The molecule has 1 saturated heterocycles. The van der Waals surface area contributed by atoms with Crippen LogP contribution in [0.3, 0.4) is 0 Å². The average molecular weight is 294 g/mol. The molecule has 1 saturated carbocycles. The molecule has 4 heteroatoms. The van der Waals surface area contributed by atoms with Gasteiger partial charge in [0.15, 0.2) is 0 Å². The molecule has 1 heterocycles. The summed E-state index contributed by atoms with van der Waals surface area (Å²) < 4.78 is 0. The Hall–Kier alpha value is -1.06. The molecule has 4 nitrogen and oxygen atoms in total. The van der Waals surface area contributed by atoms with Crippen molar-refractivity contribution in [3.05, 3.63) is 0 Å². The molecule has 0 spiro atoms. The number of rotatable bonds is 5. The van der Waals surface area contributed by atoms with Crippen LogP contribution in [0.5, 0.6) is 0 Å². The van der Waals surface area contributed by atoms with Crippen molar-refractivity contribution in [1.29, 1.82) is 0 Å². The second kappa shape index (κ2) is 6.80. The molecule has 0 radical (unpaired) electrons. The Labute approximate surface area is 128 Å². The van der Waals surface area contributed by atoms with Crippen molar-refractivity contribution in [2.24, 2.45) is 11.8 Å². The van der Waals surface area contributed by atoms with Crippen LogP contribution in [0.1, 0.15) is 66.2 Å². The number of carbonyl (C=O) groups is 2. The largest absolute Gasteiger partial charge is 0.342 e. The smallest absolute Gasteiger partial charge is 0.246 e. The summed E-state index contributed by atoms with van der Waals surface area (Å²) in [7, 11) is 0. The maximum absolute atomic E-state index is 13.0. The zero-order valence-corrected chi connectivity index (χ0v) is 13.9. The van der Waals surface area contributed by atoms with Gasteiger partial charge >= 0.3 is 0 Å². The Morgan fingerprint density at radius 1 is 1.19 bits per heavy atom. The minimum atomic E-state index is -0.339. The van der Waals surface area contributed by atoms with Crippen molar-refractivity contribution in [3.63, 3.8) is 0 Å². The van der Waals surface area contributed by atoms with E-state index >= 15 is 0 Å². The quantitative estimate of drug-likeness (QED) is 0.847. The first-order chi connectivity index (χ1) is 10.0. The van der Waals surface area contributed by atoms with E-state index in [0.717, 1.165) is 6.42 Å². The molecule has 4 atom stereocenters. The van der Waals surface area contributed by atoms with Gasteiger partial charge in [0.25, 0.3) is 0 Å². The summed E-state index contributed by atoms with van der Waals surface area (Å²) in [4.78, 5) is 27.3. The molecule has 120 valence electrons. The lowest BCUT2D eigenvalue weighted by atomic mass is 9.89. The lowest BCUT2D eigenvalue weighted by molar-refractivity contribution is -0.154. The maximum Gasteiger partial charge on any atom is 0.246 e. The van der Waals surface area contributed by atoms with E-state index in [-0.39, 0.29) is 35.9 Å². The second-order valence-corrected chi connectivity index (χ2v) is 6.83. The normalized spacial score (nSPS) is 30.4. The fourth-order valence-corrected chi connectivity index (χ4v) is 3.91. The third-order valence-corrected chi connectivity index (χ3v) is 5.58. The molecule has 2 amide bonds. The van der Waals surface area contributed by atoms with Gasteiger partial charge in [-0.25, -0.2) is 0 Å². The molecule has 4 unspecified atom stereocenters. The van der Waals surface area contributed by atoms with Gasteiger partial charge in [-0.1, -0.05) is 40.0 Å². The highest BCUT2D eigenvalue weighted by Crippen LogP contribution is 2.33. The molecule has 2 fully saturated rings. The van der Waals surface area contributed by atoms with E-state index in [9.17, 15) is 9.59 Å². The van der Waals surface area contributed by atoms with E-state index in [1.807, 2.05) is 18.7 Å². The van der Waals surface area contributed by atoms with Crippen LogP contribution >= 0.6 is 0 Å². The molecule has 2 rings (SSSR count). The lowest BCUT2D eigenvalue weighted by Crippen LogP contribution is -2.67. The minimum absolute atomic E-state index is 0.0345. The molecule has 1 N–H and O–H groups in total. The summed E-state index contributed by atoms with van der Waals surface area (Å²) in [5.41, 5.74) is 0. The van der Waals surface area contributed by atoms with Crippen LogP contribution in [0, 0.1) is 11.8 Å². The molecule has 0 bridgehead atoms. The van der Waals surface area contributed by atoms with Gasteiger partial charge < -0.3 is 10.2 Å². The summed E-state index contributed by atoms with van der Waals surface area (Å²) >= 11 is 0. The van der Waals surface area contributed by atoms with E-state index in [1.54, 1.807) is 0 Å². The first-order valence-electron chi connectivity index (χ1n) is 8.63. The number of hydrogen-bond acceptors (Lipinski definition) is 2. The van der Waals surface area contributed by atoms with E-state index in [1.165, 1.54) is 25.7 Å². The van der Waals surface area contributed by atoms with E-state index in [2.05, 4.69) is 19.2 Å².